The second-order valence-corrected chi connectivity index (χ2v) is 9.51. The largest absolute Gasteiger partial charge is 0.374 e. The van der Waals surface area contributed by atoms with Crippen LogP contribution in [0.25, 0.3) is 55.6 Å². The van der Waals surface area contributed by atoms with Crippen molar-refractivity contribution in [1.29, 1.82) is 0 Å². The third-order valence-electron chi connectivity index (χ3n) is 6.95. The highest BCUT2D eigenvalue weighted by Crippen LogP contribution is 2.36. The summed E-state index contributed by atoms with van der Waals surface area (Å²) in [6.45, 7) is 0. The number of nitrogens with zero attached hydrogens (tertiary/aromatic N) is 3. The first kappa shape index (κ1) is 21.7. The number of aromatic nitrogens is 5. The molecule has 0 radical (unpaired) electrons. The maximum atomic E-state index is 14.5. The Morgan fingerprint density at radius 2 is 1.78 bits per heavy atom. The number of benzene rings is 2. The highest BCUT2D eigenvalue weighted by Gasteiger charge is 2.29. The fourth-order valence-corrected chi connectivity index (χ4v) is 4.83. The molecule has 1 fully saturated rings. The Bertz CT molecular complexity index is 1770. The normalized spacial score (nSPS) is 14.3. The summed E-state index contributed by atoms with van der Waals surface area (Å²) in [5.41, 5.74) is 7.08. The molecule has 6 aromatic rings. The number of aliphatic hydroxyl groups is 1. The van der Waals surface area contributed by atoms with E-state index in [1.807, 2.05) is 36.5 Å². The first-order valence-electron chi connectivity index (χ1n) is 12.3. The van der Waals surface area contributed by atoms with Crippen molar-refractivity contribution in [3.05, 3.63) is 85.1 Å². The van der Waals surface area contributed by atoms with Gasteiger partial charge in [-0.25, -0.2) is 4.39 Å². The van der Waals surface area contributed by atoms with Crippen LogP contribution in [0.5, 0.6) is 0 Å². The summed E-state index contributed by atoms with van der Waals surface area (Å²) in [4.78, 5) is 12.3. The maximum absolute atomic E-state index is 14.5. The lowest BCUT2D eigenvalue weighted by Crippen LogP contribution is -2.20. The number of fused-ring (bicyclic) bond motifs is 2. The summed E-state index contributed by atoms with van der Waals surface area (Å²) in [6, 6.07) is 18.6. The molecule has 1 unspecified atom stereocenters. The zero-order chi connectivity index (χ0) is 24.9. The van der Waals surface area contributed by atoms with Gasteiger partial charge in [0.05, 0.1) is 28.8 Å². The van der Waals surface area contributed by atoms with E-state index in [1.165, 1.54) is 6.07 Å². The number of rotatable bonds is 6. The third kappa shape index (κ3) is 3.91. The van der Waals surface area contributed by atoms with Gasteiger partial charge in [-0.15, -0.1) is 0 Å². The van der Waals surface area contributed by atoms with Crippen LogP contribution in [0.1, 0.15) is 12.8 Å². The molecule has 1 aliphatic rings. The molecule has 1 aliphatic carbocycles. The van der Waals surface area contributed by atoms with E-state index in [9.17, 15) is 9.50 Å². The monoisotopic (exact) mass is 490 g/mol. The summed E-state index contributed by atoms with van der Waals surface area (Å²) in [6.07, 6.45) is 6.76. The molecule has 1 atom stereocenters. The minimum atomic E-state index is -0.550. The molecule has 8 heteroatoms. The van der Waals surface area contributed by atoms with Crippen molar-refractivity contribution < 1.29 is 9.50 Å². The number of pyridine rings is 2. The summed E-state index contributed by atoms with van der Waals surface area (Å²) >= 11 is 0. The predicted molar refractivity (Wildman–Crippen MR) is 142 cm³/mol. The van der Waals surface area contributed by atoms with E-state index in [0.29, 0.717) is 17.2 Å². The molecule has 4 heterocycles. The van der Waals surface area contributed by atoms with Gasteiger partial charge in [0.25, 0.3) is 0 Å². The van der Waals surface area contributed by atoms with Crippen molar-refractivity contribution in [2.45, 2.75) is 19.1 Å². The van der Waals surface area contributed by atoms with Crippen molar-refractivity contribution in [2.24, 2.45) is 5.92 Å². The van der Waals surface area contributed by atoms with Crippen LogP contribution in [-0.4, -0.2) is 36.5 Å². The predicted octanol–water partition coefficient (Wildman–Crippen LogP) is 6.11. The van der Waals surface area contributed by atoms with Gasteiger partial charge in [0.2, 0.25) is 0 Å². The molecule has 0 aliphatic heterocycles. The Hall–Kier alpha value is -4.56. The fraction of sp³-hybridized carbons (Fsp3) is 0.138. The SMILES string of the molecule is OC(Nc1cncc(-c2ccc3[nH]nc(-c4cc5c(-c6ccccc6F)nccc5[nH]4)c3c2)c1)C1CC1. The first-order valence-corrected chi connectivity index (χ1v) is 12.3. The maximum Gasteiger partial charge on any atom is 0.132 e. The van der Waals surface area contributed by atoms with Gasteiger partial charge in [-0.3, -0.25) is 15.1 Å². The summed E-state index contributed by atoms with van der Waals surface area (Å²) in [5, 5.41) is 22.9. The standard InChI is InChI=1S/C29H23FN6O/c30-23-4-2-1-3-20(23)27-22-13-26(34-24(22)9-10-32-27)28-21-12-17(7-8-25(21)35-36-28)18-11-19(15-31-14-18)33-29(37)16-5-6-16/h1-4,7-16,29,33-34,37H,5-6H2,(H,35,36). The molecular formula is C29H23FN6O. The van der Waals surface area contributed by atoms with Gasteiger partial charge in [-0.05, 0) is 60.9 Å². The van der Waals surface area contributed by atoms with Crippen molar-refractivity contribution in [3.8, 4) is 33.8 Å². The molecule has 182 valence electrons. The average molecular weight is 491 g/mol. The van der Waals surface area contributed by atoms with E-state index >= 15 is 0 Å². The zero-order valence-electron chi connectivity index (χ0n) is 19.7. The van der Waals surface area contributed by atoms with E-state index in [1.54, 1.807) is 30.6 Å². The van der Waals surface area contributed by atoms with Gasteiger partial charge < -0.3 is 15.4 Å². The number of aromatic amines is 2. The summed E-state index contributed by atoms with van der Waals surface area (Å²) in [5.74, 6) is 0.00833. The van der Waals surface area contributed by atoms with Crippen LogP contribution in [0.15, 0.2) is 79.3 Å². The van der Waals surface area contributed by atoms with E-state index < -0.39 is 6.23 Å². The molecule has 1 saturated carbocycles. The number of halogens is 1. The highest BCUT2D eigenvalue weighted by atomic mass is 19.1. The first-order chi connectivity index (χ1) is 18.1. The Morgan fingerprint density at radius 1 is 0.919 bits per heavy atom. The average Bonchev–Trinajstić information content (AvgIpc) is 3.55. The smallest absolute Gasteiger partial charge is 0.132 e. The topological polar surface area (TPSA) is 103 Å². The van der Waals surface area contributed by atoms with Crippen molar-refractivity contribution in [1.82, 2.24) is 25.1 Å². The number of nitrogens with one attached hydrogen (secondary N) is 3. The lowest BCUT2D eigenvalue weighted by molar-refractivity contribution is 0.180. The van der Waals surface area contributed by atoms with Gasteiger partial charge in [-0.1, -0.05) is 18.2 Å². The van der Waals surface area contributed by atoms with Gasteiger partial charge in [-0.2, -0.15) is 5.10 Å². The molecule has 0 saturated heterocycles. The molecule has 0 amide bonds. The molecular weight excluding hydrogens is 467 g/mol. The second kappa shape index (κ2) is 8.53. The van der Waals surface area contributed by atoms with Crippen molar-refractivity contribution >= 4 is 27.5 Å². The van der Waals surface area contributed by atoms with Crippen LogP contribution in [0.2, 0.25) is 0 Å². The van der Waals surface area contributed by atoms with Crippen molar-refractivity contribution in [3.63, 3.8) is 0 Å². The van der Waals surface area contributed by atoms with Crippen LogP contribution in [0.3, 0.4) is 0 Å². The number of H-pyrrole nitrogens is 2. The zero-order valence-corrected chi connectivity index (χ0v) is 19.7. The van der Waals surface area contributed by atoms with Crippen LogP contribution in [-0.2, 0) is 0 Å². The minimum absolute atomic E-state index is 0.310. The van der Waals surface area contributed by atoms with Crippen LogP contribution < -0.4 is 5.32 Å². The second-order valence-electron chi connectivity index (χ2n) is 9.51. The van der Waals surface area contributed by atoms with E-state index in [-0.39, 0.29) is 5.82 Å². The van der Waals surface area contributed by atoms with Gasteiger partial charge in [0, 0.05) is 45.7 Å². The molecule has 37 heavy (non-hydrogen) atoms. The Balaban J connectivity index is 1.29. The summed E-state index contributed by atoms with van der Waals surface area (Å²) < 4.78 is 14.5. The molecule has 0 spiro atoms. The lowest BCUT2D eigenvalue weighted by Gasteiger charge is -2.13. The highest BCUT2D eigenvalue weighted by molar-refractivity contribution is 6.00. The van der Waals surface area contributed by atoms with Crippen LogP contribution in [0.4, 0.5) is 10.1 Å². The number of anilines is 1. The number of hydrogen-bond acceptors (Lipinski definition) is 5. The number of hydrogen-bond donors (Lipinski definition) is 4. The molecule has 4 aromatic heterocycles. The molecule has 2 aromatic carbocycles. The third-order valence-corrected chi connectivity index (χ3v) is 6.95. The van der Waals surface area contributed by atoms with Gasteiger partial charge >= 0.3 is 0 Å². The van der Waals surface area contributed by atoms with Crippen LogP contribution in [0, 0.1) is 11.7 Å². The summed E-state index contributed by atoms with van der Waals surface area (Å²) in [7, 11) is 0. The Kier molecular flexibility index (Phi) is 5.00. The van der Waals surface area contributed by atoms with E-state index in [0.717, 1.165) is 62.8 Å². The lowest BCUT2D eigenvalue weighted by atomic mass is 10.0. The van der Waals surface area contributed by atoms with Crippen molar-refractivity contribution in [2.75, 3.05) is 5.32 Å². The Labute approximate surface area is 211 Å². The van der Waals surface area contributed by atoms with Gasteiger partial charge in [0.15, 0.2) is 0 Å². The fourth-order valence-electron chi connectivity index (χ4n) is 4.83. The van der Waals surface area contributed by atoms with Crippen LogP contribution >= 0.6 is 0 Å². The molecule has 7 nitrogen and oxygen atoms in total. The van der Waals surface area contributed by atoms with Gasteiger partial charge in [0.1, 0.15) is 17.7 Å². The minimum Gasteiger partial charge on any atom is -0.374 e. The van der Waals surface area contributed by atoms with E-state index in [2.05, 4.69) is 36.5 Å². The molecule has 4 N–H and O–H groups in total. The molecule has 0 bridgehead atoms. The quantitative estimate of drug-likeness (QED) is 0.211. The Morgan fingerprint density at radius 3 is 2.65 bits per heavy atom. The van der Waals surface area contributed by atoms with E-state index in [4.69, 9.17) is 0 Å². The number of aliphatic hydroxyl groups excluding tert-OH is 1. The molecule has 7 rings (SSSR count).